The van der Waals surface area contributed by atoms with E-state index < -0.39 is 5.97 Å². The normalized spacial score (nSPS) is 20.1. The number of carboxylic acid groups (broad SMARTS) is 1. The molecule has 0 radical (unpaired) electrons. The van der Waals surface area contributed by atoms with Crippen LogP contribution >= 0.6 is 0 Å². The molecule has 1 N–H and O–H groups in total. The highest BCUT2D eigenvalue weighted by molar-refractivity contribution is 5.67. The Kier molecular flexibility index (Phi) is 4.78. The molecule has 1 saturated heterocycles. The van der Waals surface area contributed by atoms with E-state index in [2.05, 4.69) is 37.8 Å². The van der Waals surface area contributed by atoms with E-state index in [0.29, 0.717) is 13.2 Å². The third-order valence-corrected chi connectivity index (χ3v) is 3.97. The first-order chi connectivity index (χ1) is 9.45. The molecule has 0 spiro atoms. The van der Waals surface area contributed by atoms with Gasteiger partial charge in [0.2, 0.25) is 0 Å². The van der Waals surface area contributed by atoms with Gasteiger partial charge >= 0.3 is 5.97 Å². The number of aliphatic carboxylic acids is 1. The second-order valence-electron chi connectivity index (χ2n) is 5.69. The average Bonchev–Trinajstić information content (AvgIpc) is 2.35. The minimum atomic E-state index is -0.792. The molecule has 1 aromatic rings. The molecule has 1 fully saturated rings. The number of hydrogen-bond donors (Lipinski definition) is 1. The Bertz CT molecular complexity index is 499. The maximum Gasteiger partial charge on any atom is 0.306 e. The molecule has 0 aliphatic carbocycles. The molecule has 1 aromatic carbocycles. The van der Waals surface area contributed by atoms with E-state index in [1.807, 2.05) is 0 Å². The van der Waals surface area contributed by atoms with Crippen molar-refractivity contribution in [2.75, 3.05) is 19.7 Å². The molecule has 0 bridgehead atoms. The second-order valence-corrected chi connectivity index (χ2v) is 5.69. The van der Waals surface area contributed by atoms with E-state index in [9.17, 15) is 4.79 Å². The van der Waals surface area contributed by atoms with E-state index in [-0.39, 0.29) is 12.5 Å². The monoisotopic (exact) mass is 277 g/mol. The van der Waals surface area contributed by atoms with Crippen LogP contribution in [0.25, 0.3) is 0 Å². The quantitative estimate of drug-likeness (QED) is 0.917. The lowest BCUT2D eigenvalue weighted by atomic mass is 10.00. The molecule has 20 heavy (non-hydrogen) atoms. The van der Waals surface area contributed by atoms with Crippen molar-refractivity contribution in [2.45, 2.75) is 39.8 Å². The maximum atomic E-state index is 10.8. The summed E-state index contributed by atoms with van der Waals surface area (Å²) in [5.41, 5.74) is 5.25. The summed E-state index contributed by atoms with van der Waals surface area (Å²) in [5, 5.41) is 8.85. The number of hydrogen-bond acceptors (Lipinski definition) is 3. The molecule has 1 unspecified atom stereocenters. The zero-order valence-electron chi connectivity index (χ0n) is 12.5. The van der Waals surface area contributed by atoms with Crippen molar-refractivity contribution in [3.63, 3.8) is 0 Å². The average molecular weight is 277 g/mol. The van der Waals surface area contributed by atoms with Gasteiger partial charge in [0.25, 0.3) is 0 Å². The van der Waals surface area contributed by atoms with Crippen LogP contribution < -0.4 is 0 Å². The summed E-state index contributed by atoms with van der Waals surface area (Å²) >= 11 is 0. The maximum absolute atomic E-state index is 10.8. The van der Waals surface area contributed by atoms with Crippen molar-refractivity contribution in [1.82, 2.24) is 4.90 Å². The van der Waals surface area contributed by atoms with Crippen LogP contribution in [0, 0.1) is 20.8 Å². The minimum absolute atomic E-state index is 0.0857. The van der Waals surface area contributed by atoms with Crippen molar-refractivity contribution in [1.29, 1.82) is 0 Å². The predicted octanol–water partition coefficient (Wildman–Crippen LogP) is 2.29. The van der Waals surface area contributed by atoms with E-state index in [0.717, 1.165) is 13.1 Å². The number of ether oxygens (including phenoxy) is 1. The Hall–Kier alpha value is -1.39. The zero-order chi connectivity index (χ0) is 14.7. The van der Waals surface area contributed by atoms with Crippen LogP contribution in [0.2, 0.25) is 0 Å². The number of nitrogens with zero attached hydrogens (tertiary/aromatic N) is 1. The summed E-state index contributed by atoms with van der Waals surface area (Å²) in [6.45, 7) is 9.43. The zero-order valence-corrected chi connectivity index (χ0v) is 12.5. The first-order valence-electron chi connectivity index (χ1n) is 7.08. The highest BCUT2D eigenvalue weighted by Crippen LogP contribution is 2.19. The fraction of sp³-hybridized carbons (Fsp3) is 0.562. The Morgan fingerprint density at radius 1 is 1.30 bits per heavy atom. The van der Waals surface area contributed by atoms with Gasteiger partial charge in [0, 0.05) is 19.6 Å². The molecule has 4 nitrogen and oxygen atoms in total. The Labute approximate surface area is 120 Å². The number of morpholine rings is 1. The van der Waals surface area contributed by atoms with Crippen molar-refractivity contribution >= 4 is 5.97 Å². The lowest BCUT2D eigenvalue weighted by Crippen LogP contribution is -2.42. The largest absolute Gasteiger partial charge is 0.481 e. The number of rotatable bonds is 4. The topological polar surface area (TPSA) is 49.8 Å². The van der Waals surface area contributed by atoms with Crippen molar-refractivity contribution in [3.05, 3.63) is 34.4 Å². The van der Waals surface area contributed by atoms with E-state index in [1.54, 1.807) is 0 Å². The standard InChI is InChI=1S/C16H23NO3/c1-11-6-13(3)14(7-12(11)2)9-17-4-5-20-15(10-17)8-16(18)19/h6-7,15H,4-5,8-10H2,1-3H3,(H,18,19). The molecular weight excluding hydrogens is 254 g/mol. The molecule has 2 rings (SSSR count). The number of carboxylic acids is 1. The Balaban J connectivity index is 2.02. The van der Waals surface area contributed by atoms with Crippen molar-refractivity contribution in [2.24, 2.45) is 0 Å². The van der Waals surface area contributed by atoms with Crippen LogP contribution in [0.5, 0.6) is 0 Å². The van der Waals surface area contributed by atoms with Gasteiger partial charge in [-0.2, -0.15) is 0 Å². The van der Waals surface area contributed by atoms with Crippen molar-refractivity contribution in [3.8, 4) is 0 Å². The van der Waals surface area contributed by atoms with Gasteiger partial charge in [0.1, 0.15) is 0 Å². The van der Waals surface area contributed by atoms with Crippen LogP contribution in [0.3, 0.4) is 0 Å². The van der Waals surface area contributed by atoms with E-state index in [1.165, 1.54) is 22.3 Å². The first-order valence-corrected chi connectivity index (χ1v) is 7.08. The molecule has 1 heterocycles. The van der Waals surface area contributed by atoms with Gasteiger partial charge in [-0.15, -0.1) is 0 Å². The van der Waals surface area contributed by atoms with Crippen LogP contribution in [0.1, 0.15) is 28.7 Å². The molecule has 0 saturated carbocycles. The summed E-state index contributed by atoms with van der Waals surface area (Å²) < 4.78 is 5.51. The number of benzene rings is 1. The van der Waals surface area contributed by atoms with Crippen molar-refractivity contribution < 1.29 is 14.6 Å². The SMILES string of the molecule is Cc1cc(C)c(CN2CCOC(CC(=O)O)C2)cc1C. The Morgan fingerprint density at radius 2 is 2.00 bits per heavy atom. The summed E-state index contributed by atoms with van der Waals surface area (Å²) in [4.78, 5) is 13.1. The molecule has 0 aromatic heterocycles. The molecule has 0 amide bonds. The number of carbonyl (C=O) groups is 1. The summed E-state index contributed by atoms with van der Waals surface area (Å²) in [5.74, 6) is -0.792. The first kappa shape index (κ1) is 15.0. The van der Waals surface area contributed by atoms with Crippen LogP contribution in [0.15, 0.2) is 12.1 Å². The highest BCUT2D eigenvalue weighted by Gasteiger charge is 2.23. The fourth-order valence-corrected chi connectivity index (χ4v) is 2.67. The molecular formula is C16H23NO3. The van der Waals surface area contributed by atoms with Gasteiger partial charge in [0.05, 0.1) is 19.1 Å². The summed E-state index contributed by atoms with van der Waals surface area (Å²) in [6, 6.07) is 4.46. The lowest BCUT2D eigenvalue weighted by molar-refractivity contribution is -0.142. The molecule has 1 atom stereocenters. The molecule has 1 aliphatic rings. The summed E-state index contributed by atoms with van der Waals surface area (Å²) in [7, 11) is 0. The van der Waals surface area contributed by atoms with Gasteiger partial charge in [-0.1, -0.05) is 12.1 Å². The fourth-order valence-electron chi connectivity index (χ4n) is 2.67. The predicted molar refractivity (Wildman–Crippen MR) is 77.9 cm³/mol. The number of aryl methyl sites for hydroxylation is 3. The van der Waals surface area contributed by atoms with E-state index in [4.69, 9.17) is 9.84 Å². The summed E-state index contributed by atoms with van der Waals surface area (Å²) in [6.07, 6.45) is -0.101. The van der Waals surface area contributed by atoms with Gasteiger partial charge in [-0.05, 0) is 43.0 Å². The molecule has 1 aliphatic heterocycles. The van der Waals surface area contributed by atoms with Gasteiger partial charge in [-0.3, -0.25) is 9.69 Å². The second kappa shape index (κ2) is 6.37. The molecule has 4 heteroatoms. The minimum Gasteiger partial charge on any atom is -0.481 e. The smallest absolute Gasteiger partial charge is 0.306 e. The highest BCUT2D eigenvalue weighted by atomic mass is 16.5. The Morgan fingerprint density at radius 3 is 2.70 bits per heavy atom. The lowest BCUT2D eigenvalue weighted by Gasteiger charge is -2.32. The molecule has 110 valence electrons. The third kappa shape index (κ3) is 3.81. The van der Waals surface area contributed by atoms with Crippen LogP contribution in [0.4, 0.5) is 0 Å². The van der Waals surface area contributed by atoms with Crippen LogP contribution in [-0.2, 0) is 16.1 Å². The third-order valence-electron chi connectivity index (χ3n) is 3.97. The van der Waals surface area contributed by atoms with Gasteiger partial charge in [-0.25, -0.2) is 0 Å². The van der Waals surface area contributed by atoms with Gasteiger partial charge in [0.15, 0.2) is 0 Å². The van der Waals surface area contributed by atoms with Crippen LogP contribution in [-0.4, -0.2) is 41.8 Å². The van der Waals surface area contributed by atoms with Gasteiger partial charge < -0.3 is 9.84 Å². The van der Waals surface area contributed by atoms with E-state index >= 15 is 0 Å².